The Morgan fingerprint density at radius 3 is 2.00 bits per heavy atom. The Morgan fingerprint density at radius 2 is 1.48 bits per heavy atom. The molecule has 0 heterocycles. The van der Waals surface area contributed by atoms with Crippen LogP contribution in [0.4, 0.5) is 13.2 Å². The van der Waals surface area contributed by atoms with Crippen LogP contribution in [0.5, 0.6) is 0 Å². The molecule has 29 heavy (non-hydrogen) atoms. The van der Waals surface area contributed by atoms with E-state index in [4.69, 9.17) is 9.47 Å². The fourth-order valence-corrected chi connectivity index (χ4v) is 1.81. The maximum absolute atomic E-state index is 14.4. The lowest BCUT2D eigenvalue weighted by Crippen LogP contribution is -2.16. The van der Waals surface area contributed by atoms with Crippen LogP contribution in [0.15, 0.2) is 109 Å². The molecule has 0 bridgehead atoms. The molecule has 0 spiro atoms. The summed E-state index contributed by atoms with van der Waals surface area (Å²) in [5.74, 6) is -3.12. The average Bonchev–Trinajstić information content (AvgIpc) is 2.72. The van der Waals surface area contributed by atoms with Gasteiger partial charge in [0, 0.05) is 18.6 Å². The SMILES string of the molecule is C=C/C(F)=C(/F)C(=C)C(=C)/C=C\C(=C)C(=C)/C=C(/F)C(=C)C(C)COC(C)OC. The van der Waals surface area contributed by atoms with Gasteiger partial charge in [-0.25, -0.2) is 13.2 Å². The van der Waals surface area contributed by atoms with Crippen molar-refractivity contribution in [1.82, 2.24) is 0 Å². The van der Waals surface area contributed by atoms with Gasteiger partial charge in [0.15, 0.2) is 17.9 Å². The third-order valence-corrected chi connectivity index (χ3v) is 4.06. The van der Waals surface area contributed by atoms with Crippen LogP contribution in [0.3, 0.4) is 0 Å². The molecule has 0 amide bonds. The van der Waals surface area contributed by atoms with E-state index in [1.807, 2.05) is 0 Å². The average molecular weight is 406 g/mol. The molecule has 0 aliphatic carbocycles. The van der Waals surface area contributed by atoms with Gasteiger partial charge in [-0.15, -0.1) is 0 Å². The zero-order valence-corrected chi connectivity index (χ0v) is 17.4. The smallest absolute Gasteiger partial charge is 0.165 e. The third kappa shape index (κ3) is 8.94. The summed E-state index contributed by atoms with van der Waals surface area (Å²) in [6.45, 7) is 25.2. The number of ether oxygens (including phenoxy) is 2. The second kappa shape index (κ2) is 12.8. The Morgan fingerprint density at radius 1 is 0.931 bits per heavy atom. The molecule has 0 aromatic carbocycles. The van der Waals surface area contributed by atoms with Crippen molar-refractivity contribution in [1.29, 1.82) is 0 Å². The molecule has 2 unspecified atom stereocenters. The fourth-order valence-electron chi connectivity index (χ4n) is 1.81. The Balaban J connectivity index is 5.03. The van der Waals surface area contributed by atoms with Crippen molar-refractivity contribution in [2.24, 2.45) is 5.92 Å². The summed E-state index contributed by atoms with van der Waals surface area (Å²) in [6, 6.07) is 0. The summed E-state index contributed by atoms with van der Waals surface area (Å²) in [5, 5.41) is 0. The van der Waals surface area contributed by atoms with Crippen molar-refractivity contribution in [3.8, 4) is 0 Å². The molecule has 158 valence electrons. The van der Waals surface area contributed by atoms with Gasteiger partial charge in [-0.05, 0) is 41.4 Å². The highest BCUT2D eigenvalue weighted by Crippen LogP contribution is 2.25. The number of allylic oxidation sites excluding steroid dienone is 11. The van der Waals surface area contributed by atoms with Crippen LogP contribution in [0.2, 0.25) is 0 Å². The molecule has 2 nitrogen and oxygen atoms in total. The number of halogens is 3. The lowest BCUT2D eigenvalue weighted by molar-refractivity contribution is -0.116. The van der Waals surface area contributed by atoms with Crippen LogP contribution in [0.25, 0.3) is 0 Å². The lowest BCUT2D eigenvalue weighted by Gasteiger charge is -2.17. The highest BCUT2D eigenvalue weighted by atomic mass is 19.2. The predicted octanol–water partition coefficient (Wildman–Crippen LogP) is 7.16. The van der Waals surface area contributed by atoms with Crippen molar-refractivity contribution in [2.45, 2.75) is 20.1 Å². The Labute approximate surface area is 172 Å². The van der Waals surface area contributed by atoms with E-state index in [1.165, 1.54) is 25.3 Å². The molecule has 5 heteroatoms. The summed E-state index contributed by atoms with van der Waals surface area (Å²) in [7, 11) is 1.51. The van der Waals surface area contributed by atoms with Crippen LogP contribution >= 0.6 is 0 Å². The van der Waals surface area contributed by atoms with Crippen LogP contribution in [-0.2, 0) is 9.47 Å². The van der Waals surface area contributed by atoms with Gasteiger partial charge in [0.2, 0.25) is 0 Å². The second-order valence-corrected chi connectivity index (χ2v) is 6.31. The molecule has 0 rings (SSSR count). The largest absolute Gasteiger partial charge is 0.356 e. The van der Waals surface area contributed by atoms with Gasteiger partial charge in [0.05, 0.1) is 6.61 Å². The number of rotatable bonds is 13. The first-order valence-electron chi connectivity index (χ1n) is 8.79. The van der Waals surface area contributed by atoms with Crippen LogP contribution in [0.1, 0.15) is 13.8 Å². The quantitative estimate of drug-likeness (QED) is 0.239. The zero-order valence-electron chi connectivity index (χ0n) is 17.4. The maximum Gasteiger partial charge on any atom is 0.165 e. The molecule has 0 saturated carbocycles. The van der Waals surface area contributed by atoms with Crippen molar-refractivity contribution >= 4 is 0 Å². The van der Waals surface area contributed by atoms with E-state index >= 15 is 0 Å². The minimum atomic E-state index is -1.15. The van der Waals surface area contributed by atoms with E-state index in [0.29, 0.717) is 5.57 Å². The standard InChI is InChI=1S/C24H29F3O2/c1-10-22(25)24(27)20(7)16(3)12-11-15(2)17(4)13-23(26)19(6)18(5)14-29-21(8)28-9/h10-13,18,21H,1-4,6-7,14H2,5,8-9H3/b12-11-,23-13+,24-22-. The fraction of sp³-hybridized carbons (Fsp3) is 0.250. The van der Waals surface area contributed by atoms with Crippen molar-refractivity contribution in [2.75, 3.05) is 13.7 Å². The van der Waals surface area contributed by atoms with Crippen molar-refractivity contribution in [3.05, 3.63) is 109 Å². The van der Waals surface area contributed by atoms with Crippen LogP contribution < -0.4 is 0 Å². The molecule has 0 N–H and O–H groups in total. The summed E-state index contributed by atoms with van der Waals surface area (Å²) in [6.07, 6.45) is 4.37. The van der Waals surface area contributed by atoms with E-state index in [0.717, 1.165) is 6.08 Å². The lowest BCUT2D eigenvalue weighted by atomic mass is 9.99. The van der Waals surface area contributed by atoms with Crippen LogP contribution in [-0.4, -0.2) is 20.0 Å². The summed E-state index contributed by atoms with van der Waals surface area (Å²) in [5.41, 5.74) is 0.778. The molecule has 2 atom stereocenters. The van der Waals surface area contributed by atoms with E-state index in [1.54, 1.807) is 13.8 Å². The first-order chi connectivity index (χ1) is 13.5. The molecule has 0 saturated heterocycles. The Hall–Kier alpha value is -2.63. The molecule has 0 aliphatic rings. The zero-order chi connectivity index (χ0) is 22.7. The van der Waals surface area contributed by atoms with Gasteiger partial charge in [-0.2, -0.15) is 0 Å². The third-order valence-electron chi connectivity index (χ3n) is 4.06. The highest BCUT2D eigenvalue weighted by Gasteiger charge is 2.14. The second-order valence-electron chi connectivity index (χ2n) is 6.31. The van der Waals surface area contributed by atoms with E-state index in [2.05, 4.69) is 39.5 Å². The predicted molar refractivity (Wildman–Crippen MR) is 115 cm³/mol. The van der Waals surface area contributed by atoms with Gasteiger partial charge in [-0.1, -0.05) is 58.5 Å². The van der Waals surface area contributed by atoms with Gasteiger partial charge in [0.1, 0.15) is 5.83 Å². The normalized spacial score (nSPS) is 14.8. The highest BCUT2D eigenvalue weighted by molar-refractivity contribution is 5.52. The topological polar surface area (TPSA) is 18.5 Å². The Kier molecular flexibility index (Phi) is 11.6. The van der Waals surface area contributed by atoms with Crippen molar-refractivity contribution in [3.63, 3.8) is 0 Å². The minimum Gasteiger partial charge on any atom is -0.356 e. The maximum atomic E-state index is 14.4. The molecule has 0 aromatic rings. The number of methoxy groups -OCH3 is 1. The summed E-state index contributed by atoms with van der Waals surface area (Å²) >= 11 is 0. The van der Waals surface area contributed by atoms with E-state index in [9.17, 15) is 13.2 Å². The van der Waals surface area contributed by atoms with Gasteiger partial charge < -0.3 is 9.47 Å². The molecular weight excluding hydrogens is 377 g/mol. The van der Waals surface area contributed by atoms with Crippen LogP contribution in [0, 0.1) is 5.92 Å². The van der Waals surface area contributed by atoms with E-state index < -0.39 is 23.8 Å². The summed E-state index contributed by atoms with van der Waals surface area (Å²) < 4.78 is 51.7. The van der Waals surface area contributed by atoms with Gasteiger partial charge in [-0.3, -0.25) is 0 Å². The molecule has 0 fully saturated rings. The molecule has 0 aliphatic heterocycles. The van der Waals surface area contributed by atoms with Gasteiger partial charge in [0.25, 0.3) is 0 Å². The summed E-state index contributed by atoms with van der Waals surface area (Å²) in [4.78, 5) is 0. The number of hydrogen-bond donors (Lipinski definition) is 0. The first-order valence-corrected chi connectivity index (χ1v) is 8.79. The van der Waals surface area contributed by atoms with Gasteiger partial charge >= 0.3 is 0 Å². The molecular formula is C24H29F3O2. The van der Waals surface area contributed by atoms with E-state index in [-0.39, 0.29) is 34.8 Å². The molecule has 0 aromatic heterocycles. The molecule has 0 radical (unpaired) electrons. The minimum absolute atomic E-state index is 0.125. The Bertz CT molecular complexity index is 782. The first kappa shape index (κ1) is 26.4. The monoisotopic (exact) mass is 406 g/mol. The number of hydrogen-bond acceptors (Lipinski definition) is 2. The van der Waals surface area contributed by atoms with Crippen molar-refractivity contribution < 1.29 is 22.6 Å².